The van der Waals surface area contributed by atoms with Gasteiger partial charge in [-0.2, -0.15) is 5.26 Å². The number of unbranched alkanes of at least 4 members (excludes halogenated alkanes) is 2. The Balaban J connectivity index is 1.35. The molecule has 1 nitrogen and oxygen atoms in total. The molecule has 1 aromatic carbocycles. The summed E-state index contributed by atoms with van der Waals surface area (Å²) < 4.78 is 13.8. The van der Waals surface area contributed by atoms with Crippen molar-refractivity contribution < 1.29 is 4.39 Å². The van der Waals surface area contributed by atoms with Crippen molar-refractivity contribution >= 4 is 0 Å². The van der Waals surface area contributed by atoms with Crippen LogP contribution in [0.3, 0.4) is 0 Å². The van der Waals surface area contributed by atoms with E-state index < -0.39 is 0 Å². The largest absolute Gasteiger partial charge is 0.206 e. The summed E-state index contributed by atoms with van der Waals surface area (Å²) in [7, 11) is 0. The van der Waals surface area contributed by atoms with Crippen LogP contribution in [-0.4, -0.2) is 0 Å². The van der Waals surface area contributed by atoms with Gasteiger partial charge in [-0.25, -0.2) is 4.39 Å². The van der Waals surface area contributed by atoms with E-state index in [0.29, 0.717) is 0 Å². The average Bonchev–Trinajstić information content (AvgIpc) is 2.73. The maximum absolute atomic E-state index is 13.8. The molecule has 2 fully saturated rings. The first-order valence-electron chi connectivity index (χ1n) is 11.9. The maximum atomic E-state index is 13.8. The summed E-state index contributed by atoms with van der Waals surface area (Å²) in [6.07, 6.45) is 19.3. The lowest BCUT2D eigenvalue weighted by Gasteiger charge is -2.38. The van der Waals surface area contributed by atoms with E-state index >= 15 is 0 Å². The van der Waals surface area contributed by atoms with E-state index in [0.717, 1.165) is 35.7 Å². The minimum absolute atomic E-state index is 0.157. The van der Waals surface area contributed by atoms with Gasteiger partial charge in [0.1, 0.15) is 11.9 Å². The van der Waals surface area contributed by atoms with Gasteiger partial charge in [0.2, 0.25) is 0 Å². The molecule has 3 rings (SSSR count). The zero-order valence-electron chi connectivity index (χ0n) is 17.8. The third-order valence-electron chi connectivity index (χ3n) is 7.66. The quantitative estimate of drug-likeness (QED) is 0.420. The van der Waals surface area contributed by atoms with Crippen LogP contribution in [0.15, 0.2) is 18.2 Å². The molecule has 0 radical (unpaired) electrons. The predicted octanol–water partition coefficient (Wildman–Crippen LogP) is 7.82. The summed E-state index contributed by atoms with van der Waals surface area (Å²) in [6, 6.07) is 7.01. The molecule has 2 saturated carbocycles. The van der Waals surface area contributed by atoms with Crippen LogP contribution in [0.5, 0.6) is 0 Å². The fourth-order valence-corrected chi connectivity index (χ4v) is 5.76. The summed E-state index contributed by atoms with van der Waals surface area (Å²) in [5.41, 5.74) is 1.20. The van der Waals surface area contributed by atoms with E-state index in [2.05, 4.69) is 6.92 Å². The van der Waals surface area contributed by atoms with Gasteiger partial charge in [0.25, 0.3) is 0 Å². The Kier molecular flexibility index (Phi) is 8.38. The first-order chi connectivity index (χ1) is 13.7. The van der Waals surface area contributed by atoms with Crippen molar-refractivity contribution in [3.05, 3.63) is 35.1 Å². The highest BCUT2D eigenvalue weighted by molar-refractivity contribution is 5.33. The van der Waals surface area contributed by atoms with E-state index in [9.17, 15) is 4.39 Å². The van der Waals surface area contributed by atoms with E-state index in [1.54, 1.807) is 12.1 Å². The second kappa shape index (κ2) is 11.0. The minimum atomic E-state index is -0.367. The molecule has 1 aromatic rings. The number of hydrogen-bond acceptors (Lipinski definition) is 1. The Morgan fingerprint density at radius 2 is 1.50 bits per heavy atom. The van der Waals surface area contributed by atoms with Crippen LogP contribution >= 0.6 is 0 Å². The number of aryl methyl sites for hydroxylation is 1. The van der Waals surface area contributed by atoms with Crippen molar-refractivity contribution in [2.45, 2.75) is 96.8 Å². The Labute approximate surface area is 171 Å². The first kappa shape index (κ1) is 21.4. The number of hydrogen-bond donors (Lipinski definition) is 0. The van der Waals surface area contributed by atoms with Crippen molar-refractivity contribution in [1.82, 2.24) is 0 Å². The first-order valence-corrected chi connectivity index (χ1v) is 11.9. The van der Waals surface area contributed by atoms with Gasteiger partial charge in [0.15, 0.2) is 0 Å². The summed E-state index contributed by atoms with van der Waals surface area (Å²) in [6.45, 7) is 2.30. The highest BCUT2D eigenvalue weighted by Crippen LogP contribution is 2.43. The van der Waals surface area contributed by atoms with Crippen molar-refractivity contribution in [2.75, 3.05) is 0 Å². The monoisotopic (exact) mass is 383 g/mol. The van der Waals surface area contributed by atoms with Gasteiger partial charge in [-0.05, 0) is 79.9 Å². The van der Waals surface area contributed by atoms with Crippen LogP contribution in [0.4, 0.5) is 4.39 Å². The Bertz CT molecular complexity index is 630. The van der Waals surface area contributed by atoms with Gasteiger partial charge in [-0.15, -0.1) is 0 Å². The molecule has 0 amide bonds. The Morgan fingerprint density at radius 1 is 0.893 bits per heavy atom. The fourth-order valence-electron chi connectivity index (χ4n) is 5.76. The molecule has 0 heterocycles. The molecular weight excluding hydrogens is 345 g/mol. The number of nitriles is 1. The lowest BCUT2D eigenvalue weighted by atomic mass is 9.68. The van der Waals surface area contributed by atoms with E-state index in [-0.39, 0.29) is 11.4 Å². The van der Waals surface area contributed by atoms with Crippen molar-refractivity contribution in [2.24, 2.45) is 23.7 Å². The SMILES string of the molecule is CCCCCC1CCC(C2CCC(CCc3ccc(C#N)c(F)c3)CC2)CC1. The zero-order valence-corrected chi connectivity index (χ0v) is 17.8. The molecule has 2 aliphatic carbocycles. The van der Waals surface area contributed by atoms with E-state index in [4.69, 9.17) is 5.26 Å². The number of benzene rings is 1. The Morgan fingerprint density at radius 3 is 2.04 bits per heavy atom. The zero-order chi connectivity index (χ0) is 19.8. The number of halogens is 1. The van der Waals surface area contributed by atoms with Gasteiger partial charge >= 0.3 is 0 Å². The van der Waals surface area contributed by atoms with Crippen LogP contribution in [0.2, 0.25) is 0 Å². The lowest BCUT2D eigenvalue weighted by Crippen LogP contribution is -2.26. The molecule has 154 valence electrons. The molecule has 0 atom stereocenters. The predicted molar refractivity (Wildman–Crippen MR) is 114 cm³/mol. The molecule has 28 heavy (non-hydrogen) atoms. The third-order valence-corrected chi connectivity index (χ3v) is 7.66. The molecule has 2 aliphatic rings. The van der Waals surface area contributed by atoms with E-state index in [1.807, 2.05) is 12.1 Å². The Hall–Kier alpha value is -1.36. The molecule has 0 spiro atoms. The molecule has 2 heteroatoms. The molecule has 0 saturated heterocycles. The second-order valence-corrected chi connectivity index (χ2v) is 9.52. The molecule has 0 unspecified atom stereocenters. The molecule has 0 aromatic heterocycles. The number of rotatable bonds is 8. The number of nitrogens with zero attached hydrogens (tertiary/aromatic N) is 1. The minimum Gasteiger partial charge on any atom is -0.206 e. The highest BCUT2D eigenvalue weighted by Gasteiger charge is 2.30. The smallest absolute Gasteiger partial charge is 0.141 e. The third kappa shape index (κ3) is 6.07. The van der Waals surface area contributed by atoms with Gasteiger partial charge in [0, 0.05) is 0 Å². The van der Waals surface area contributed by atoms with Gasteiger partial charge in [-0.3, -0.25) is 0 Å². The summed E-state index contributed by atoms with van der Waals surface area (Å²) >= 11 is 0. The van der Waals surface area contributed by atoms with Gasteiger partial charge in [0.05, 0.1) is 5.56 Å². The molecule has 0 aliphatic heterocycles. The van der Waals surface area contributed by atoms with Crippen LogP contribution in [-0.2, 0) is 6.42 Å². The second-order valence-electron chi connectivity index (χ2n) is 9.52. The maximum Gasteiger partial charge on any atom is 0.141 e. The van der Waals surface area contributed by atoms with Crippen molar-refractivity contribution in [1.29, 1.82) is 5.26 Å². The molecule has 0 bridgehead atoms. The van der Waals surface area contributed by atoms with Crippen LogP contribution in [0, 0.1) is 40.8 Å². The molecular formula is C26H38FN. The average molecular weight is 384 g/mol. The standard InChI is InChI=1S/C26H38FN/c1-2-3-4-5-20-8-13-23(14-9-20)24-15-10-21(11-16-24)6-7-22-12-17-25(19-28)26(27)18-22/h12,17-18,20-21,23-24H,2-11,13-16H2,1H3. The van der Waals surface area contributed by atoms with Gasteiger partial charge < -0.3 is 0 Å². The fraction of sp³-hybridized carbons (Fsp3) is 0.731. The molecule has 0 N–H and O–H groups in total. The highest BCUT2D eigenvalue weighted by atomic mass is 19.1. The van der Waals surface area contributed by atoms with Crippen LogP contribution in [0.1, 0.15) is 102 Å². The van der Waals surface area contributed by atoms with Crippen molar-refractivity contribution in [3.8, 4) is 6.07 Å². The normalized spacial score (nSPS) is 28.0. The van der Waals surface area contributed by atoms with Crippen molar-refractivity contribution in [3.63, 3.8) is 0 Å². The van der Waals surface area contributed by atoms with Crippen LogP contribution < -0.4 is 0 Å². The van der Waals surface area contributed by atoms with Crippen LogP contribution in [0.25, 0.3) is 0 Å². The topological polar surface area (TPSA) is 23.8 Å². The summed E-state index contributed by atoms with van der Waals surface area (Å²) in [5, 5.41) is 8.85. The lowest BCUT2D eigenvalue weighted by molar-refractivity contribution is 0.140. The van der Waals surface area contributed by atoms with Gasteiger partial charge in [-0.1, -0.05) is 64.4 Å². The summed E-state index contributed by atoms with van der Waals surface area (Å²) in [4.78, 5) is 0. The summed E-state index contributed by atoms with van der Waals surface area (Å²) in [5.74, 6) is 3.43. The van der Waals surface area contributed by atoms with E-state index in [1.165, 1.54) is 83.5 Å².